The summed E-state index contributed by atoms with van der Waals surface area (Å²) >= 11 is 1.58. The van der Waals surface area contributed by atoms with Crippen LogP contribution in [0.15, 0.2) is 53.4 Å². The number of benzene rings is 2. The minimum atomic E-state index is -0.0912. The molecule has 0 aliphatic carbocycles. The van der Waals surface area contributed by atoms with Gasteiger partial charge in [0, 0.05) is 23.4 Å². The number of likely N-dealkylation sites (tertiary alicyclic amines) is 1. The number of carbonyl (C=O) groups excluding carboxylic acids is 1. The highest BCUT2D eigenvalue weighted by atomic mass is 32.1. The molecular formula is C23H24N2O3S. The molecule has 0 bridgehead atoms. The van der Waals surface area contributed by atoms with Crippen LogP contribution >= 0.6 is 11.3 Å². The van der Waals surface area contributed by atoms with Crippen molar-refractivity contribution in [3.05, 3.63) is 64.5 Å². The number of thiazole rings is 1. The molecule has 1 aliphatic heterocycles. The molecule has 2 heterocycles. The first-order chi connectivity index (χ1) is 14.1. The van der Waals surface area contributed by atoms with Gasteiger partial charge in [-0.1, -0.05) is 31.2 Å². The molecule has 1 aliphatic rings. The highest BCUT2D eigenvalue weighted by molar-refractivity contribution is 7.07. The molecule has 5 nitrogen and oxygen atoms in total. The number of methoxy groups -OCH3 is 2. The molecule has 150 valence electrons. The Balaban J connectivity index is 1.69. The first-order valence-electron chi connectivity index (χ1n) is 9.61. The first kappa shape index (κ1) is 19.5. The van der Waals surface area contributed by atoms with Crippen molar-refractivity contribution in [2.75, 3.05) is 14.2 Å². The lowest BCUT2D eigenvalue weighted by Crippen LogP contribution is -2.29. The predicted octanol–water partition coefficient (Wildman–Crippen LogP) is 4.94. The van der Waals surface area contributed by atoms with E-state index in [1.165, 1.54) is 0 Å². The van der Waals surface area contributed by atoms with E-state index in [9.17, 15) is 4.79 Å². The molecule has 6 heteroatoms. The van der Waals surface area contributed by atoms with Gasteiger partial charge in [0.15, 0.2) is 0 Å². The number of nitrogens with zero attached hydrogens (tertiary/aromatic N) is 2. The number of rotatable bonds is 6. The molecule has 2 unspecified atom stereocenters. The van der Waals surface area contributed by atoms with Crippen LogP contribution < -0.4 is 9.47 Å². The van der Waals surface area contributed by atoms with E-state index in [-0.39, 0.29) is 17.9 Å². The Morgan fingerprint density at radius 3 is 2.52 bits per heavy atom. The van der Waals surface area contributed by atoms with Gasteiger partial charge in [0.05, 0.1) is 37.0 Å². The maximum atomic E-state index is 13.0. The summed E-state index contributed by atoms with van der Waals surface area (Å²) in [4.78, 5) is 19.4. The van der Waals surface area contributed by atoms with Gasteiger partial charge >= 0.3 is 0 Å². The largest absolute Gasteiger partial charge is 0.496 e. The van der Waals surface area contributed by atoms with Crippen molar-refractivity contribution in [1.82, 2.24) is 9.88 Å². The third-order valence-corrected chi connectivity index (χ3v) is 6.05. The summed E-state index contributed by atoms with van der Waals surface area (Å²) in [5, 5.41) is 2.03. The van der Waals surface area contributed by atoms with Gasteiger partial charge in [0.1, 0.15) is 11.5 Å². The third-order valence-electron chi connectivity index (χ3n) is 5.46. The third kappa shape index (κ3) is 3.72. The molecule has 3 aromatic rings. The van der Waals surface area contributed by atoms with Crippen molar-refractivity contribution in [3.8, 4) is 22.8 Å². The zero-order chi connectivity index (χ0) is 20.4. The van der Waals surface area contributed by atoms with Crippen LogP contribution in [-0.4, -0.2) is 30.0 Å². The highest BCUT2D eigenvalue weighted by Gasteiger charge is 2.40. The summed E-state index contributed by atoms with van der Waals surface area (Å²) in [5.74, 6) is 1.60. The Morgan fingerprint density at radius 2 is 1.86 bits per heavy atom. The fourth-order valence-corrected chi connectivity index (χ4v) is 4.61. The van der Waals surface area contributed by atoms with E-state index in [2.05, 4.69) is 17.1 Å². The first-order valence-corrected chi connectivity index (χ1v) is 10.6. The minimum absolute atomic E-state index is 0.0451. The highest BCUT2D eigenvalue weighted by Crippen LogP contribution is 2.45. The molecule has 0 N–H and O–H groups in total. The molecule has 1 fully saturated rings. The van der Waals surface area contributed by atoms with Gasteiger partial charge in [-0.3, -0.25) is 4.79 Å². The molecule has 2 aromatic carbocycles. The maximum Gasteiger partial charge on any atom is 0.226 e. The second-order valence-corrected chi connectivity index (χ2v) is 7.99. The van der Waals surface area contributed by atoms with Gasteiger partial charge in [-0.05, 0) is 30.2 Å². The zero-order valence-corrected chi connectivity index (χ0v) is 17.6. The number of hydrogen-bond donors (Lipinski definition) is 0. The lowest BCUT2D eigenvalue weighted by Gasteiger charge is -2.28. The van der Waals surface area contributed by atoms with E-state index in [1.807, 2.05) is 53.0 Å². The Labute approximate surface area is 174 Å². The SMILES string of the molecule is COc1cccc(OC)c1C1CC(C)C(=O)N1Cc1cccc(-c2cscn2)c1. The molecule has 2 atom stereocenters. The lowest BCUT2D eigenvalue weighted by molar-refractivity contribution is -0.132. The van der Waals surface area contributed by atoms with Crippen molar-refractivity contribution >= 4 is 17.2 Å². The van der Waals surface area contributed by atoms with Crippen LogP contribution in [0, 0.1) is 5.92 Å². The predicted molar refractivity (Wildman–Crippen MR) is 114 cm³/mol. The fraction of sp³-hybridized carbons (Fsp3) is 0.304. The number of carbonyl (C=O) groups is 1. The monoisotopic (exact) mass is 408 g/mol. The summed E-state index contributed by atoms with van der Waals surface area (Å²) in [6.45, 7) is 2.52. The van der Waals surface area contributed by atoms with Crippen molar-refractivity contribution < 1.29 is 14.3 Å². The number of ether oxygens (including phenoxy) is 2. The van der Waals surface area contributed by atoms with Gasteiger partial charge in [-0.25, -0.2) is 4.98 Å². The number of amides is 1. The molecule has 0 saturated carbocycles. The summed E-state index contributed by atoms with van der Waals surface area (Å²) in [6, 6.07) is 13.9. The van der Waals surface area contributed by atoms with E-state index in [4.69, 9.17) is 9.47 Å². The number of hydrogen-bond acceptors (Lipinski definition) is 5. The summed E-state index contributed by atoms with van der Waals surface area (Å²) in [6.07, 6.45) is 0.737. The second kappa shape index (κ2) is 8.25. The van der Waals surface area contributed by atoms with Crippen LogP contribution in [0.4, 0.5) is 0 Å². The molecule has 4 rings (SSSR count). The quantitative estimate of drug-likeness (QED) is 0.580. The number of aromatic nitrogens is 1. The molecule has 1 amide bonds. The topological polar surface area (TPSA) is 51.7 Å². The van der Waals surface area contributed by atoms with Gasteiger partial charge < -0.3 is 14.4 Å². The average molecular weight is 409 g/mol. The molecule has 1 aromatic heterocycles. The van der Waals surface area contributed by atoms with E-state index in [1.54, 1.807) is 25.6 Å². The van der Waals surface area contributed by atoms with Crippen LogP contribution in [-0.2, 0) is 11.3 Å². The van der Waals surface area contributed by atoms with Gasteiger partial charge in [0.25, 0.3) is 0 Å². The zero-order valence-electron chi connectivity index (χ0n) is 16.8. The lowest BCUT2D eigenvalue weighted by atomic mass is 9.98. The van der Waals surface area contributed by atoms with E-state index >= 15 is 0 Å². The Morgan fingerprint density at radius 1 is 1.14 bits per heavy atom. The van der Waals surface area contributed by atoms with Crippen molar-refractivity contribution in [1.29, 1.82) is 0 Å². The van der Waals surface area contributed by atoms with Gasteiger partial charge in [-0.15, -0.1) is 11.3 Å². The molecule has 29 heavy (non-hydrogen) atoms. The Kier molecular flexibility index (Phi) is 5.53. The smallest absolute Gasteiger partial charge is 0.226 e. The standard InChI is InChI=1S/C23H24N2O3S/c1-15-10-19(22-20(27-2)8-5-9-21(22)28-3)25(23(15)26)12-16-6-4-7-17(11-16)18-13-29-14-24-18/h4-9,11,13-15,19H,10,12H2,1-3H3. The fourth-order valence-electron chi connectivity index (χ4n) is 4.05. The van der Waals surface area contributed by atoms with Gasteiger partial charge in [-0.2, -0.15) is 0 Å². The summed E-state index contributed by atoms with van der Waals surface area (Å²) < 4.78 is 11.2. The molecule has 0 radical (unpaired) electrons. The average Bonchev–Trinajstić information content (AvgIpc) is 3.38. The molecule has 1 saturated heterocycles. The molecule has 0 spiro atoms. The van der Waals surface area contributed by atoms with Crippen molar-refractivity contribution in [2.24, 2.45) is 5.92 Å². The van der Waals surface area contributed by atoms with Gasteiger partial charge in [0.2, 0.25) is 5.91 Å². The van der Waals surface area contributed by atoms with Crippen LogP contribution in [0.25, 0.3) is 11.3 Å². The van der Waals surface area contributed by atoms with Crippen LogP contribution in [0.5, 0.6) is 11.5 Å². The maximum absolute atomic E-state index is 13.0. The summed E-state index contributed by atoms with van der Waals surface area (Å²) in [5.41, 5.74) is 5.87. The van der Waals surface area contributed by atoms with E-state index < -0.39 is 0 Å². The second-order valence-electron chi connectivity index (χ2n) is 7.27. The van der Waals surface area contributed by atoms with Crippen molar-refractivity contribution in [3.63, 3.8) is 0 Å². The van der Waals surface area contributed by atoms with Crippen LogP contribution in [0.1, 0.15) is 30.5 Å². The van der Waals surface area contributed by atoms with Crippen LogP contribution in [0.3, 0.4) is 0 Å². The van der Waals surface area contributed by atoms with E-state index in [0.29, 0.717) is 6.54 Å². The molecular weight excluding hydrogens is 384 g/mol. The Hall–Kier alpha value is -2.86. The van der Waals surface area contributed by atoms with E-state index in [0.717, 1.165) is 40.3 Å². The van der Waals surface area contributed by atoms with Crippen molar-refractivity contribution in [2.45, 2.75) is 25.9 Å². The normalized spacial score (nSPS) is 18.9. The Bertz CT molecular complexity index is 981. The van der Waals surface area contributed by atoms with Crippen LogP contribution in [0.2, 0.25) is 0 Å². The summed E-state index contributed by atoms with van der Waals surface area (Å²) in [7, 11) is 3.31. The minimum Gasteiger partial charge on any atom is -0.496 e.